The molecule has 1 saturated heterocycles. The Morgan fingerprint density at radius 2 is 1.81 bits per heavy atom. The van der Waals surface area contributed by atoms with Crippen molar-refractivity contribution in [2.24, 2.45) is 11.3 Å². The van der Waals surface area contributed by atoms with Gasteiger partial charge in [-0.05, 0) is 48.4 Å². The summed E-state index contributed by atoms with van der Waals surface area (Å²) >= 11 is 1.46. The highest BCUT2D eigenvalue weighted by Crippen LogP contribution is 2.55. The standard InChI is InChI=1S/C32H40N2O7S/c1-18-14-21-27-23(15-18)41-17-25(32(2,3)4)34(27)30(36)24(16-26(35)33-12-10-19(11-13-33)31(37)38)42-29(21)20-8-7-9-22(39-5)28(20)40-6/h7-9,14-15,19,24-25,29H,10-13,16-17H2,1-6H3,(H,37,38)/t24-,25-,29-/m1/s1. The van der Waals surface area contributed by atoms with Crippen LogP contribution in [0.1, 0.15) is 62.0 Å². The Morgan fingerprint density at radius 3 is 2.43 bits per heavy atom. The van der Waals surface area contributed by atoms with Crippen molar-refractivity contribution in [3.8, 4) is 17.2 Å². The van der Waals surface area contributed by atoms with Gasteiger partial charge < -0.3 is 29.1 Å². The Morgan fingerprint density at radius 1 is 1.10 bits per heavy atom. The van der Waals surface area contributed by atoms with Crippen molar-refractivity contribution in [3.05, 3.63) is 47.0 Å². The van der Waals surface area contributed by atoms with E-state index in [1.165, 1.54) is 11.8 Å². The van der Waals surface area contributed by atoms with Crippen molar-refractivity contribution in [1.82, 2.24) is 4.90 Å². The van der Waals surface area contributed by atoms with Crippen molar-refractivity contribution >= 4 is 35.2 Å². The lowest BCUT2D eigenvalue weighted by Gasteiger charge is -2.44. The number of hydrogen-bond acceptors (Lipinski definition) is 7. The van der Waals surface area contributed by atoms with Crippen LogP contribution in [0, 0.1) is 18.3 Å². The van der Waals surface area contributed by atoms with Crippen molar-refractivity contribution in [2.45, 2.75) is 63.5 Å². The molecule has 2 aromatic rings. The summed E-state index contributed by atoms with van der Waals surface area (Å²) in [5, 5.41) is 8.37. The number of aliphatic carboxylic acids is 1. The highest BCUT2D eigenvalue weighted by atomic mass is 32.2. The summed E-state index contributed by atoms with van der Waals surface area (Å²) in [5.74, 6) is 0.313. The van der Waals surface area contributed by atoms with Gasteiger partial charge in [-0.2, -0.15) is 0 Å². The molecule has 0 saturated carbocycles. The van der Waals surface area contributed by atoms with Gasteiger partial charge in [0, 0.05) is 25.1 Å². The maximum absolute atomic E-state index is 14.6. The largest absolute Gasteiger partial charge is 0.493 e. The molecule has 1 fully saturated rings. The molecule has 3 aliphatic rings. The number of carboxylic acids is 1. The van der Waals surface area contributed by atoms with E-state index >= 15 is 0 Å². The fourth-order valence-corrected chi connectivity index (χ4v) is 7.71. The molecule has 0 unspecified atom stereocenters. The second-order valence-corrected chi connectivity index (χ2v) is 13.7. The molecule has 1 N–H and O–H groups in total. The number of piperidine rings is 1. The highest BCUT2D eigenvalue weighted by molar-refractivity contribution is 8.01. The summed E-state index contributed by atoms with van der Waals surface area (Å²) in [6, 6.07) is 9.56. The van der Waals surface area contributed by atoms with E-state index < -0.39 is 17.1 Å². The number of amides is 2. The molecule has 9 nitrogen and oxygen atoms in total. The number of carbonyl (C=O) groups is 3. The third-order valence-electron chi connectivity index (χ3n) is 8.57. The van der Waals surface area contributed by atoms with Crippen LogP contribution in [-0.4, -0.2) is 73.0 Å². The van der Waals surface area contributed by atoms with Crippen LogP contribution < -0.4 is 19.1 Å². The molecule has 0 spiro atoms. The lowest BCUT2D eigenvalue weighted by atomic mass is 9.84. The highest BCUT2D eigenvalue weighted by Gasteiger charge is 2.48. The Kier molecular flexibility index (Phi) is 8.38. The van der Waals surface area contributed by atoms with E-state index in [1.54, 1.807) is 19.1 Å². The molecule has 3 atom stereocenters. The first-order valence-electron chi connectivity index (χ1n) is 14.4. The molecule has 42 heavy (non-hydrogen) atoms. The Bertz CT molecular complexity index is 1380. The number of nitrogens with zero attached hydrogens (tertiary/aromatic N) is 2. The van der Waals surface area contributed by atoms with Gasteiger partial charge in [0.15, 0.2) is 11.5 Å². The third kappa shape index (κ3) is 5.53. The zero-order valence-electron chi connectivity index (χ0n) is 25.1. The summed E-state index contributed by atoms with van der Waals surface area (Å²) in [4.78, 5) is 43.4. The second-order valence-electron chi connectivity index (χ2n) is 12.4. The first kappa shape index (κ1) is 30.1. The molecule has 0 aromatic heterocycles. The first-order valence-corrected chi connectivity index (χ1v) is 15.4. The topological polar surface area (TPSA) is 106 Å². The number of hydrogen-bond donors (Lipinski definition) is 1. The van der Waals surface area contributed by atoms with Gasteiger partial charge in [0.05, 0.1) is 42.4 Å². The van der Waals surface area contributed by atoms with Crippen LogP contribution in [0.5, 0.6) is 17.2 Å². The average molecular weight is 597 g/mol. The van der Waals surface area contributed by atoms with E-state index in [4.69, 9.17) is 14.2 Å². The normalized spacial score (nSPS) is 22.6. The van der Waals surface area contributed by atoms with Crippen LogP contribution in [0.25, 0.3) is 0 Å². The maximum Gasteiger partial charge on any atom is 0.306 e. The molecule has 0 aliphatic carbocycles. The summed E-state index contributed by atoms with van der Waals surface area (Å²) in [6.07, 6.45) is 0.848. The number of thioether (sulfide) groups is 1. The number of para-hydroxylation sites is 1. The molecule has 226 valence electrons. The fraction of sp³-hybridized carbons (Fsp3) is 0.531. The maximum atomic E-state index is 14.6. The number of carbonyl (C=O) groups excluding carboxylic acids is 2. The molecular formula is C32H40N2O7S. The summed E-state index contributed by atoms with van der Waals surface area (Å²) < 4.78 is 17.8. The summed E-state index contributed by atoms with van der Waals surface area (Å²) in [7, 11) is 3.20. The van der Waals surface area contributed by atoms with E-state index in [0.717, 1.165) is 22.4 Å². The van der Waals surface area contributed by atoms with E-state index in [1.807, 2.05) is 36.1 Å². The second kappa shape index (κ2) is 11.7. The van der Waals surface area contributed by atoms with Crippen molar-refractivity contribution in [1.29, 1.82) is 0 Å². The molecule has 2 amide bonds. The number of benzene rings is 2. The number of carboxylic acid groups (broad SMARTS) is 1. The number of rotatable bonds is 6. The fourth-order valence-electron chi connectivity index (χ4n) is 6.25. The zero-order valence-corrected chi connectivity index (χ0v) is 26.0. The molecule has 3 heterocycles. The van der Waals surface area contributed by atoms with Crippen molar-refractivity contribution < 1.29 is 33.7 Å². The van der Waals surface area contributed by atoms with E-state index in [0.29, 0.717) is 49.8 Å². The Hall–Kier alpha value is -3.40. The smallest absolute Gasteiger partial charge is 0.306 e. The minimum Gasteiger partial charge on any atom is -0.493 e. The van der Waals surface area contributed by atoms with E-state index in [2.05, 4.69) is 26.8 Å². The molecule has 10 heteroatoms. The first-order chi connectivity index (χ1) is 19.9. The van der Waals surface area contributed by atoms with Crippen LogP contribution in [-0.2, 0) is 14.4 Å². The van der Waals surface area contributed by atoms with E-state index in [9.17, 15) is 19.5 Å². The van der Waals surface area contributed by atoms with Gasteiger partial charge in [-0.25, -0.2) is 0 Å². The van der Waals surface area contributed by atoms with Crippen LogP contribution in [0.2, 0.25) is 0 Å². The van der Waals surface area contributed by atoms with Crippen LogP contribution >= 0.6 is 11.8 Å². The quantitative estimate of drug-likeness (QED) is 0.493. The van der Waals surface area contributed by atoms with Gasteiger partial charge in [0.1, 0.15) is 12.4 Å². The van der Waals surface area contributed by atoms with Gasteiger partial charge in [0.25, 0.3) is 0 Å². The predicted octanol–water partition coefficient (Wildman–Crippen LogP) is 5.07. The van der Waals surface area contributed by atoms with Gasteiger partial charge in [-0.15, -0.1) is 11.8 Å². The predicted molar refractivity (Wildman–Crippen MR) is 162 cm³/mol. The lowest BCUT2D eigenvalue weighted by Crippen LogP contribution is -2.55. The van der Waals surface area contributed by atoms with Crippen LogP contribution in [0.4, 0.5) is 5.69 Å². The molecule has 0 bridgehead atoms. The summed E-state index contributed by atoms with van der Waals surface area (Å²) in [6.45, 7) is 9.41. The monoisotopic (exact) mass is 596 g/mol. The molecular weight excluding hydrogens is 556 g/mol. The average Bonchev–Trinajstić information content (AvgIpc) is 3.07. The minimum atomic E-state index is -0.823. The minimum absolute atomic E-state index is 0.0144. The zero-order chi connectivity index (χ0) is 30.3. The van der Waals surface area contributed by atoms with Gasteiger partial charge in [0.2, 0.25) is 11.8 Å². The number of aryl methyl sites for hydroxylation is 1. The van der Waals surface area contributed by atoms with Gasteiger partial charge >= 0.3 is 5.97 Å². The van der Waals surface area contributed by atoms with Crippen LogP contribution in [0.15, 0.2) is 30.3 Å². The van der Waals surface area contributed by atoms with Crippen molar-refractivity contribution in [3.63, 3.8) is 0 Å². The SMILES string of the molecule is COc1cccc([C@H]2S[C@H](CC(=O)N3CCC(C(=O)O)CC3)C(=O)N3c4c(cc(C)cc42)OC[C@@H]3C(C)(C)C)c1OC. The molecule has 5 rings (SSSR count). The number of methoxy groups -OCH3 is 2. The number of likely N-dealkylation sites (tertiary alicyclic amines) is 1. The third-order valence-corrected chi connectivity index (χ3v) is 10.0. The molecule has 3 aliphatic heterocycles. The van der Waals surface area contributed by atoms with Crippen molar-refractivity contribution in [2.75, 3.05) is 38.8 Å². The van der Waals surface area contributed by atoms with E-state index in [-0.39, 0.29) is 34.9 Å². The molecule has 0 radical (unpaired) electrons. The lowest BCUT2D eigenvalue weighted by molar-refractivity contribution is -0.145. The molecule has 2 aromatic carbocycles. The Balaban J connectivity index is 1.61. The summed E-state index contributed by atoms with van der Waals surface area (Å²) in [5.41, 5.74) is 3.24. The number of anilines is 1. The van der Waals surface area contributed by atoms with Gasteiger partial charge in [-0.3, -0.25) is 14.4 Å². The van der Waals surface area contributed by atoms with Gasteiger partial charge in [-0.1, -0.05) is 39.0 Å². The van der Waals surface area contributed by atoms with Crippen LogP contribution in [0.3, 0.4) is 0 Å². The Labute approximate surface area is 251 Å². The number of ether oxygens (including phenoxy) is 3.